The maximum Gasteiger partial charge on any atom is 0.306 e. The number of ether oxygens (including phenoxy) is 1. The minimum Gasteiger partial charge on any atom is -0.461 e. The van der Waals surface area contributed by atoms with E-state index in [9.17, 15) is 24.5 Å². The number of carbonyl (C=O) groups excluding carboxylic acids is 3. The molecule has 1 aliphatic heterocycles. The van der Waals surface area contributed by atoms with Gasteiger partial charge in [0.2, 0.25) is 11.8 Å². The fourth-order valence-corrected chi connectivity index (χ4v) is 7.80. The first-order valence-corrected chi connectivity index (χ1v) is 14.3. The van der Waals surface area contributed by atoms with Crippen LogP contribution in [0.2, 0.25) is 0 Å². The highest BCUT2D eigenvalue weighted by Crippen LogP contribution is 2.69. The smallest absolute Gasteiger partial charge is 0.306 e. The van der Waals surface area contributed by atoms with Gasteiger partial charge >= 0.3 is 5.97 Å². The maximum absolute atomic E-state index is 13.8. The third-order valence-corrected chi connectivity index (χ3v) is 9.80. The molecule has 2 atom stereocenters. The van der Waals surface area contributed by atoms with Crippen molar-refractivity contribution in [2.75, 3.05) is 6.54 Å². The summed E-state index contributed by atoms with van der Waals surface area (Å²) >= 11 is 14.8. The van der Waals surface area contributed by atoms with Crippen molar-refractivity contribution in [2.24, 2.45) is 11.8 Å². The number of hydrogen-bond acceptors (Lipinski definition) is 6. The molecule has 210 valence electrons. The van der Waals surface area contributed by atoms with Crippen molar-refractivity contribution in [3.05, 3.63) is 111 Å². The van der Waals surface area contributed by atoms with E-state index in [1.54, 1.807) is 18.2 Å². The first-order chi connectivity index (χ1) is 19.7. The number of likely N-dealkylation sites (tertiary alicyclic amines) is 1. The minimum atomic E-state index is -1.20. The van der Waals surface area contributed by atoms with Gasteiger partial charge in [0.05, 0.1) is 22.3 Å². The summed E-state index contributed by atoms with van der Waals surface area (Å²) in [4.78, 5) is 49.4. The van der Waals surface area contributed by atoms with Crippen molar-refractivity contribution in [2.45, 2.75) is 42.0 Å². The summed E-state index contributed by atoms with van der Waals surface area (Å²) in [5.74, 6) is -2.77. The molecule has 3 aromatic rings. The van der Waals surface area contributed by atoms with E-state index in [1.807, 2.05) is 48.5 Å². The van der Waals surface area contributed by atoms with Crippen LogP contribution in [-0.2, 0) is 35.5 Å². The summed E-state index contributed by atoms with van der Waals surface area (Å²) < 4.78 is 5.22. The molecule has 0 N–H and O–H groups in total. The van der Waals surface area contributed by atoms with Gasteiger partial charge in [-0.2, -0.15) is 0 Å². The van der Waals surface area contributed by atoms with Crippen LogP contribution in [-0.4, -0.2) is 34.2 Å². The number of halogens is 2. The second kappa shape index (κ2) is 10.3. The number of nitro benzene ring substituents is 1. The van der Waals surface area contributed by atoms with Gasteiger partial charge in [-0.15, -0.1) is 23.2 Å². The van der Waals surface area contributed by atoms with Gasteiger partial charge in [0.1, 0.15) is 16.4 Å². The van der Waals surface area contributed by atoms with Gasteiger partial charge in [0.15, 0.2) is 0 Å². The Balaban J connectivity index is 1.10. The minimum absolute atomic E-state index is 0.0992. The zero-order valence-electron chi connectivity index (χ0n) is 21.9. The number of para-hydroxylation sites is 1. The van der Waals surface area contributed by atoms with Gasteiger partial charge < -0.3 is 4.74 Å². The van der Waals surface area contributed by atoms with Crippen LogP contribution in [0.15, 0.2) is 72.8 Å². The topological polar surface area (TPSA) is 107 Å². The molecule has 3 aromatic carbocycles. The van der Waals surface area contributed by atoms with E-state index < -0.39 is 32.5 Å². The summed E-state index contributed by atoms with van der Waals surface area (Å²) in [7, 11) is 0. The molecule has 1 saturated heterocycles. The van der Waals surface area contributed by atoms with Crippen LogP contribution in [0.4, 0.5) is 5.69 Å². The Hall–Kier alpha value is -3.75. The fraction of sp³-hybridized carbons (Fsp3) is 0.323. The highest BCUT2D eigenvalue weighted by Gasteiger charge is 2.72. The summed E-state index contributed by atoms with van der Waals surface area (Å²) in [5.41, 5.74) is 3.28. The summed E-state index contributed by atoms with van der Waals surface area (Å²) in [6, 6.07) is 21.1. The zero-order valence-corrected chi connectivity index (χ0v) is 23.4. The predicted octanol–water partition coefficient (Wildman–Crippen LogP) is 5.79. The van der Waals surface area contributed by atoms with Gasteiger partial charge in [0, 0.05) is 19.0 Å². The zero-order chi connectivity index (χ0) is 28.9. The number of carbonyl (C=O) groups is 3. The molecule has 4 aliphatic rings. The number of alkyl halides is 2. The lowest BCUT2D eigenvalue weighted by molar-refractivity contribution is -0.385. The molecule has 0 unspecified atom stereocenters. The molecular weight excluding hydrogens is 567 g/mol. The van der Waals surface area contributed by atoms with Crippen molar-refractivity contribution >= 4 is 46.7 Å². The summed E-state index contributed by atoms with van der Waals surface area (Å²) in [6.45, 7) is 0.0171. The third kappa shape index (κ3) is 4.07. The largest absolute Gasteiger partial charge is 0.461 e. The molecule has 41 heavy (non-hydrogen) atoms. The normalized spacial score (nSPS) is 25.5. The number of amides is 2. The first-order valence-electron chi connectivity index (χ1n) is 13.5. The lowest BCUT2D eigenvalue weighted by atomic mass is 9.54. The Morgan fingerprint density at radius 3 is 1.80 bits per heavy atom. The van der Waals surface area contributed by atoms with Crippen molar-refractivity contribution in [3.8, 4) is 0 Å². The van der Waals surface area contributed by atoms with Crippen molar-refractivity contribution in [1.29, 1.82) is 0 Å². The van der Waals surface area contributed by atoms with Gasteiger partial charge in [-0.05, 0) is 41.2 Å². The van der Waals surface area contributed by atoms with Crippen LogP contribution in [0.5, 0.6) is 0 Å². The standard InChI is InChI=1S/C31H26Cl2N2O6/c32-30-20-11-4-5-12-21(20)31(33,23-14-7-6-13-22(23)30)27-26(30)28(37)34(29(27)38)17-9-1-2-16-25(36)41-18-19-10-3-8-15-24(19)35(39)40/h3-8,10-15,26-27H,1-2,9,16-18H2/t26-,27+,30?,31?. The number of esters is 1. The van der Waals surface area contributed by atoms with Crippen molar-refractivity contribution < 1.29 is 24.0 Å². The summed E-state index contributed by atoms with van der Waals surface area (Å²) in [6.07, 6.45) is 1.67. The number of unbranched alkanes of at least 4 members (excludes halogenated alkanes) is 2. The SMILES string of the molecule is O=C(CCCCCN1C(=O)[C@@H]2[C@H](C1=O)C1(Cl)c3ccccc3C2(Cl)c2ccccc21)OCc1ccccc1[N+](=O)[O-]. The predicted molar refractivity (Wildman–Crippen MR) is 151 cm³/mol. The Kier molecular flexibility index (Phi) is 6.86. The molecule has 1 fully saturated rings. The lowest BCUT2D eigenvalue weighted by Gasteiger charge is -2.54. The average Bonchev–Trinajstić information content (AvgIpc) is 3.25. The Morgan fingerprint density at radius 1 is 0.805 bits per heavy atom. The van der Waals surface area contributed by atoms with E-state index in [0.717, 1.165) is 22.3 Å². The Bertz CT molecular complexity index is 1470. The molecule has 2 amide bonds. The molecule has 0 spiro atoms. The molecule has 0 aromatic heterocycles. The van der Waals surface area contributed by atoms with E-state index in [4.69, 9.17) is 27.9 Å². The average molecular weight is 593 g/mol. The molecule has 1 heterocycles. The Labute approximate surface area is 246 Å². The number of hydrogen-bond donors (Lipinski definition) is 0. The van der Waals surface area contributed by atoms with E-state index in [2.05, 4.69) is 0 Å². The van der Waals surface area contributed by atoms with Crippen LogP contribution in [0.25, 0.3) is 0 Å². The van der Waals surface area contributed by atoms with E-state index in [0.29, 0.717) is 24.8 Å². The van der Waals surface area contributed by atoms with E-state index in [-0.39, 0.29) is 37.1 Å². The molecule has 7 rings (SSSR count). The van der Waals surface area contributed by atoms with Crippen LogP contribution in [0, 0.1) is 22.0 Å². The molecular formula is C31H26Cl2N2O6. The second-order valence-electron chi connectivity index (χ2n) is 10.7. The van der Waals surface area contributed by atoms with Gasteiger partial charge in [-0.25, -0.2) is 0 Å². The molecule has 3 aliphatic carbocycles. The van der Waals surface area contributed by atoms with Gasteiger partial charge in [-0.1, -0.05) is 67.1 Å². The number of benzene rings is 3. The molecule has 0 saturated carbocycles. The number of nitrogens with zero attached hydrogens (tertiary/aromatic N) is 2. The maximum atomic E-state index is 13.8. The molecule has 2 bridgehead atoms. The Morgan fingerprint density at radius 2 is 1.29 bits per heavy atom. The third-order valence-electron chi connectivity index (χ3n) is 8.52. The molecule has 8 nitrogen and oxygen atoms in total. The first kappa shape index (κ1) is 27.4. The van der Waals surface area contributed by atoms with Gasteiger partial charge in [0.25, 0.3) is 5.69 Å². The molecule has 10 heteroatoms. The monoisotopic (exact) mass is 592 g/mol. The van der Waals surface area contributed by atoms with Crippen LogP contribution < -0.4 is 0 Å². The van der Waals surface area contributed by atoms with E-state index >= 15 is 0 Å². The van der Waals surface area contributed by atoms with Crippen molar-refractivity contribution in [1.82, 2.24) is 4.90 Å². The lowest BCUT2D eigenvalue weighted by Crippen LogP contribution is -2.57. The second-order valence-corrected chi connectivity index (χ2v) is 11.8. The number of nitro groups is 1. The highest BCUT2D eigenvalue weighted by atomic mass is 35.5. The van der Waals surface area contributed by atoms with Gasteiger partial charge in [-0.3, -0.25) is 29.4 Å². The summed E-state index contributed by atoms with van der Waals surface area (Å²) in [5, 5.41) is 11.1. The van der Waals surface area contributed by atoms with E-state index in [1.165, 1.54) is 11.0 Å². The van der Waals surface area contributed by atoms with Crippen molar-refractivity contribution in [3.63, 3.8) is 0 Å². The highest BCUT2D eigenvalue weighted by molar-refractivity contribution is 6.36. The number of imide groups is 1. The van der Waals surface area contributed by atoms with Crippen LogP contribution in [0.3, 0.4) is 0 Å². The van der Waals surface area contributed by atoms with Crippen LogP contribution >= 0.6 is 23.2 Å². The molecule has 0 radical (unpaired) electrons. The quantitative estimate of drug-likeness (QED) is 0.0777. The fourth-order valence-electron chi connectivity index (χ4n) is 6.70. The number of rotatable bonds is 9. The van der Waals surface area contributed by atoms with Crippen LogP contribution in [0.1, 0.15) is 53.5 Å².